The second-order valence-electron chi connectivity index (χ2n) is 8.81. The number of para-hydroxylation sites is 1. The molecule has 0 atom stereocenters. The van der Waals surface area contributed by atoms with E-state index in [0.29, 0.717) is 0 Å². The van der Waals surface area contributed by atoms with Crippen molar-refractivity contribution in [1.82, 2.24) is 9.38 Å². The summed E-state index contributed by atoms with van der Waals surface area (Å²) in [7, 11) is 0. The summed E-state index contributed by atoms with van der Waals surface area (Å²) in [6.45, 7) is 2.22. The molecule has 0 spiro atoms. The summed E-state index contributed by atoms with van der Waals surface area (Å²) in [4.78, 5) is 5.19. The third kappa shape index (κ3) is 1.76. The van der Waals surface area contributed by atoms with E-state index in [0.717, 1.165) is 23.0 Å². The Labute approximate surface area is 163 Å². The van der Waals surface area contributed by atoms with Crippen molar-refractivity contribution in [2.45, 2.75) is 44.4 Å². The Morgan fingerprint density at radius 2 is 1.46 bits per heavy atom. The molecule has 0 saturated heterocycles. The molecule has 0 unspecified atom stereocenters. The van der Waals surface area contributed by atoms with Gasteiger partial charge in [0.1, 0.15) is 5.65 Å². The quantitative estimate of drug-likeness (QED) is 0.275. The number of pyridine rings is 1. The lowest BCUT2D eigenvalue weighted by Gasteiger charge is -2.38. The molecule has 2 heterocycles. The number of hydrogen-bond donors (Lipinski definition) is 0. The Morgan fingerprint density at radius 1 is 0.786 bits per heavy atom. The van der Waals surface area contributed by atoms with Crippen LogP contribution >= 0.6 is 0 Å². The van der Waals surface area contributed by atoms with Crippen LogP contribution in [0.15, 0.2) is 54.6 Å². The van der Waals surface area contributed by atoms with Gasteiger partial charge in [-0.2, -0.15) is 0 Å². The van der Waals surface area contributed by atoms with E-state index in [1.165, 1.54) is 58.4 Å². The van der Waals surface area contributed by atoms with Gasteiger partial charge in [-0.1, -0.05) is 42.5 Å². The molecule has 3 aliphatic rings. The van der Waals surface area contributed by atoms with Crippen LogP contribution in [0.3, 0.4) is 0 Å². The van der Waals surface area contributed by atoms with Gasteiger partial charge in [-0.15, -0.1) is 0 Å². The lowest BCUT2D eigenvalue weighted by molar-refractivity contribution is 0.359. The van der Waals surface area contributed by atoms with Crippen LogP contribution in [0.2, 0.25) is 0 Å². The number of nitrogens with zero attached hydrogens (tertiary/aromatic N) is 2. The third-order valence-corrected chi connectivity index (χ3v) is 7.39. The van der Waals surface area contributed by atoms with Crippen molar-refractivity contribution in [2.75, 3.05) is 0 Å². The first-order chi connectivity index (χ1) is 13.8. The summed E-state index contributed by atoms with van der Waals surface area (Å²) >= 11 is 0. The van der Waals surface area contributed by atoms with Crippen molar-refractivity contribution < 1.29 is 0 Å². The second kappa shape index (κ2) is 5.14. The van der Waals surface area contributed by atoms with Gasteiger partial charge in [0.15, 0.2) is 0 Å². The van der Waals surface area contributed by atoms with Gasteiger partial charge in [0.05, 0.1) is 16.6 Å². The molecule has 0 N–H and O–H groups in total. The van der Waals surface area contributed by atoms with Crippen LogP contribution in [0.5, 0.6) is 0 Å². The summed E-state index contributed by atoms with van der Waals surface area (Å²) < 4.78 is 2.44. The topological polar surface area (TPSA) is 17.3 Å². The molecule has 1 fully saturated rings. The van der Waals surface area contributed by atoms with Gasteiger partial charge >= 0.3 is 0 Å². The minimum Gasteiger partial charge on any atom is -0.291 e. The fourth-order valence-electron chi connectivity index (χ4n) is 6.07. The van der Waals surface area contributed by atoms with Crippen LogP contribution < -0.4 is 0 Å². The molecular weight excluding hydrogens is 340 g/mol. The van der Waals surface area contributed by atoms with Gasteiger partial charge < -0.3 is 0 Å². The van der Waals surface area contributed by atoms with E-state index in [4.69, 9.17) is 4.98 Å². The highest BCUT2D eigenvalue weighted by atomic mass is 15.0. The van der Waals surface area contributed by atoms with Crippen LogP contribution in [0.25, 0.3) is 38.4 Å². The number of aryl methyl sites for hydroxylation is 1. The van der Waals surface area contributed by atoms with Crippen molar-refractivity contribution in [3.05, 3.63) is 71.3 Å². The molecule has 2 bridgehead atoms. The molecule has 3 aromatic carbocycles. The van der Waals surface area contributed by atoms with Crippen molar-refractivity contribution in [3.8, 4) is 0 Å². The lowest BCUT2D eigenvalue weighted by Crippen LogP contribution is -2.21. The molecule has 0 radical (unpaired) electrons. The molecular formula is C26H22N2. The number of benzene rings is 3. The number of fused-ring (bicyclic) bond motifs is 10. The smallest absolute Gasteiger partial charge is 0.146 e. The van der Waals surface area contributed by atoms with E-state index in [1.54, 1.807) is 11.1 Å². The summed E-state index contributed by atoms with van der Waals surface area (Å²) in [6, 6.07) is 20.3. The molecule has 2 heteroatoms. The number of rotatable bonds is 0. The first-order valence-electron chi connectivity index (χ1n) is 10.6. The van der Waals surface area contributed by atoms with Crippen molar-refractivity contribution in [1.29, 1.82) is 0 Å². The van der Waals surface area contributed by atoms with E-state index in [1.807, 2.05) is 0 Å². The Kier molecular flexibility index (Phi) is 2.77. The summed E-state index contributed by atoms with van der Waals surface area (Å²) in [5.74, 6) is 1.51. The van der Waals surface area contributed by atoms with Gasteiger partial charge in [0.25, 0.3) is 0 Å². The maximum absolute atomic E-state index is 5.19. The van der Waals surface area contributed by atoms with E-state index >= 15 is 0 Å². The minimum absolute atomic E-state index is 0.753. The normalized spacial score (nSPS) is 21.2. The average Bonchev–Trinajstić information content (AvgIpc) is 3.12. The zero-order chi connectivity index (χ0) is 18.4. The fourth-order valence-corrected chi connectivity index (χ4v) is 6.07. The molecule has 136 valence electrons. The Hall–Kier alpha value is -2.87. The number of hydrogen-bond acceptors (Lipinski definition) is 1. The maximum atomic E-state index is 5.19. The maximum Gasteiger partial charge on any atom is 0.146 e. The summed E-state index contributed by atoms with van der Waals surface area (Å²) in [5, 5.41) is 3.87. The van der Waals surface area contributed by atoms with Gasteiger partial charge in [0, 0.05) is 10.8 Å². The Morgan fingerprint density at radius 3 is 2.25 bits per heavy atom. The van der Waals surface area contributed by atoms with E-state index in [9.17, 15) is 0 Å². The van der Waals surface area contributed by atoms with E-state index in [-0.39, 0.29) is 0 Å². The van der Waals surface area contributed by atoms with Gasteiger partial charge in [-0.25, -0.2) is 4.98 Å². The first kappa shape index (κ1) is 15.1. The predicted molar refractivity (Wildman–Crippen MR) is 116 cm³/mol. The number of imidazole rings is 1. The molecule has 8 rings (SSSR count). The number of aromatic nitrogens is 2. The fraction of sp³-hybridized carbons (Fsp3) is 0.269. The Bertz CT molecular complexity index is 1430. The van der Waals surface area contributed by atoms with Crippen molar-refractivity contribution >= 4 is 38.4 Å². The Balaban J connectivity index is 1.75. The largest absolute Gasteiger partial charge is 0.291 e. The van der Waals surface area contributed by atoms with Crippen molar-refractivity contribution in [3.63, 3.8) is 0 Å². The highest BCUT2D eigenvalue weighted by molar-refractivity contribution is 6.14. The van der Waals surface area contributed by atoms with Crippen molar-refractivity contribution in [2.24, 2.45) is 0 Å². The van der Waals surface area contributed by atoms with E-state index in [2.05, 4.69) is 65.9 Å². The summed E-state index contributed by atoms with van der Waals surface area (Å²) in [6.07, 6.45) is 5.45. The highest BCUT2D eigenvalue weighted by Gasteiger charge is 2.33. The van der Waals surface area contributed by atoms with Gasteiger partial charge in [0.2, 0.25) is 0 Å². The SMILES string of the molecule is Cc1cccc2c3ccccc3c3nc4cc5c(cc4n3c12)C1CCC5CC1. The van der Waals surface area contributed by atoms with Gasteiger partial charge in [-0.05, 0) is 78.7 Å². The molecule has 0 amide bonds. The standard InChI is InChI=1S/C26H22N2/c1-15-5-4-8-19-18-6-2-3-7-20(18)26-27-23-13-21-16-9-11-17(12-10-16)22(21)14-24(23)28(26)25(15)19/h2-8,13-14,16-17H,9-12H2,1H3. The third-order valence-electron chi connectivity index (χ3n) is 7.39. The molecule has 28 heavy (non-hydrogen) atoms. The lowest BCUT2D eigenvalue weighted by atomic mass is 9.67. The molecule has 2 aromatic heterocycles. The van der Waals surface area contributed by atoms with E-state index < -0.39 is 0 Å². The minimum atomic E-state index is 0.753. The van der Waals surface area contributed by atoms with Crippen LogP contribution in [-0.4, -0.2) is 9.38 Å². The molecule has 3 aliphatic carbocycles. The van der Waals surface area contributed by atoms with Crippen LogP contribution in [0.1, 0.15) is 54.2 Å². The van der Waals surface area contributed by atoms with Crippen LogP contribution in [-0.2, 0) is 0 Å². The second-order valence-corrected chi connectivity index (χ2v) is 8.81. The molecule has 2 nitrogen and oxygen atoms in total. The predicted octanol–water partition coefficient (Wildman–Crippen LogP) is 6.86. The van der Waals surface area contributed by atoms with Gasteiger partial charge in [-0.3, -0.25) is 4.40 Å². The zero-order valence-electron chi connectivity index (χ0n) is 16.1. The van der Waals surface area contributed by atoms with Crippen LogP contribution in [0, 0.1) is 6.92 Å². The highest BCUT2D eigenvalue weighted by Crippen LogP contribution is 2.50. The molecule has 5 aromatic rings. The molecule has 0 aliphatic heterocycles. The average molecular weight is 362 g/mol. The zero-order valence-corrected chi connectivity index (χ0v) is 16.1. The first-order valence-corrected chi connectivity index (χ1v) is 10.6. The summed E-state index contributed by atoms with van der Waals surface area (Å²) in [5.41, 5.74) is 9.35. The molecule has 1 saturated carbocycles. The monoisotopic (exact) mass is 362 g/mol. The van der Waals surface area contributed by atoms with Crippen LogP contribution in [0.4, 0.5) is 0 Å².